The lowest BCUT2D eigenvalue weighted by Crippen LogP contribution is -2.15. The second-order valence-electron chi connectivity index (χ2n) is 4.45. The zero-order chi connectivity index (χ0) is 13.9. The van der Waals surface area contributed by atoms with Gasteiger partial charge in [-0.05, 0) is 35.9 Å². The van der Waals surface area contributed by atoms with E-state index in [-0.39, 0.29) is 0 Å². The fourth-order valence-corrected chi connectivity index (χ4v) is 2.95. The first-order chi connectivity index (χ1) is 9.72. The molecular weight excluding hydrogens is 294 g/mol. The highest BCUT2D eigenvalue weighted by molar-refractivity contribution is 7.98. The van der Waals surface area contributed by atoms with Gasteiger partial charge in [-0.15, -0.1) is 11.8 Å². The molecule has 104 valence electrons. The highest BCUT2D eigenvalue weighted by atomic mass is 35.5. The van der Waals surface area contributed by atoms with Crippen LogP contribution in [-0.2, 0) is 5.75 Å². The van der Waals surface area contributed by atoms with E-state index < -0.39 is 0 Å². The van der Waals surface area contributed by atoms with Crippen molar-refractivity contribution in [3.05, 3.63) is 47.0 Å². The summed E-state index contributed by atoms with van der Waals surface area (Å²) in [6.07, 6.45) is 0. The van der Waals surface area contributed by atoms with Crippen molar-refractivity contribution >= 4 is 29.1 Å². The first-order valence-electron chi connectivity index (χ1n) is 6.29. The third-order valence-electron chi connectivity index (χ3n) is 2.98. The van der Waals surface area contributed by atoms with Gasteiger partial charge in [0.1, 0.15) is 13.2 Å². The van der Waals surface area contributed by atoms with Crippen molar-refractivity contribution in [2.24, 2.45) is 0 Å². The SMILES string of the molecule is Nc1cc(CSc2ccc3c(c2)OCCO3)ccc1Cl. The van der Waals surface area contributed by atoms with Crippen molar-refractivity contribution in [2.75, 3.05) is 18.9 Å². The Kier molecular flexibility index (Phi) is 3.94. The Labute approximate surface area is 127 Å². The number of anilines is 1. The van der Waals surface area contributed by atoms with E-state index in [2.05, 4.69) is 0 Å². The molecule has 0 unspecified atom stereocenters. The highest BCUT2D eigenvalue weighted by Gasteiger charge is 2.11. The number of fused-ring (bicyclic) bond motifs is 1. The van der Waals surface area contributed by atoms with Gasteiger partial charge in [-0.25, -0.2) is 0 Å². The van der Waals surface area contributed by atoms with Gasteiger partial charge in [0.2, 0.25) is 0 Å². The van der Waals surface area contributed by atoms with Crippen LogP contribution in [0.4, 0.5) is 5.69 Å². The Morgan fingerprint density at radius 3 is 2.65 bits per heavy atom. The molecule has 0 saturated heterocycles. The monoisotopic (exact) mass is 307 g/mol. The third-order valence-corrected chi connectivity index (χ3v) is 4.39. The predicted molar refractivity (Wildman–Crippen MR) is 82.9 cm³/mol. The molecule has 0 amide bonds. The average molecular weight is 308 g/mol. The molecule has 5 heteroatoms. The van der Waals surface area contributed by atoms with Crippen molar-refractivity contribution < 1.29 is 9.47 Å². The summed E-state index contributed by atoms with van der Waals surface area (Å²) in [6.45, 7) is 1.22. The van der Waals surface area contributed by atoms with E-state index in [4.69, 9.17) is 26.8 Å². The van der Waals surface area contributed by atoms with E-state index in [1.807, 2.05) is 36.4 Å². The molecule has 3 rings (SSSR count). The topological polar surface area (TPSA) is 44.5 Å². The third kappa shape index (κ3) is 2.97. The average Bonchev–Trinajstić information content (AvgIpc) is 2.48. The molecule has 3 nitrogen and oxygen atoms in total. The second kappa shape index (κ2) is 5.85. The summed E-state index contributed by atoms with van der Waals surface area (Å²) in [5.41, 5.74) is 7.57. The van der Waals surface area contributed by atoms with Gasteiger partial charge in [0.25, 0.3) is 0 Å². The molecule has 1 aliphatic heterocycles. The van der Waals surface area contributed by atoms with Crippen molar-refractivity contribution in [1.29, 1.82) is 0 Å². The largest absolute Gasteiger partial charge is 0.486 e. The molecule has 20 heavy (non-hydrogen) atoms. The molecule has 1 aliphatic rings. The van der Waals surface area contributed by atoms with E-state index in [9.17, 15) is 0 Å². The Morgan fingerprint density at radius 2 is 1.85 bits per heavy atom. The van der Waals surface area contributed by atoms with Crippen LogP contribution in [0.3, 0.4) is 0 Å². The number of nitrogens with two attached hydrogens (primary N) is 1. The maximum Gasteiger partial charge on any atom is 0.162 e. The maximum atomic E-state index is 5.91. The lowest BCUT2D eigenvalue weighted by atomic mass is 10.2. The van der Waals surface area contributed by atoms with Gasteiger partial charge in [-0.1, -0.05) is 17.7 Å². The number of hydrogen-bond donors (Lipinski definition) is 1. The molecule has 0 atom stereocenters. The van der Waals surface area contributed by atoms with E-state index in [1.54, 1.807) is 11.8 Å². The number of hydrogen-bond acceptors (Lipinski definition) is 4. The molecule has 0 fully saturated rings. The first kappa shape index (κ1) is 13.5. The fraction of sp³-hybridized carbons (Fsp3) is 0.200. The van der Waals surface area contributed by atoms with Gasteiger partial charge in [0.15, 0.2) is 11.5 Å². The van der Waals surface area contributed by atoms with Crippen LogP contribution in [-0.4, -0.2) is 13.2 Å². The predicted octanol–water partition coefficient (Wildman–Crippen LogP) is 3.99. The van der Waals surface area contributed by atoms with Crippen LogP contribution >= 0.6 is 23.4 Å². The molecule has 2 N–H and O–H groups in total. The number of thioether (sulfide) groups is 1. The molecule has 0 aromatic heterocycles. The smallest absolute Gasteiger partial charge is 0.162 e. The summed E-state index contributed by atoms with van der Waals surface area (Å²) in [7, 11) is 0. The van der Waals surface area contributed by atoms with Crippen molar-refractivity contribution in [1.82, 2.24) is 0 Å². The Morgan fingerprint density at radius 1 is 1.05 bits per heavy atom. The zero-order valence-corrected chi connectivity index (χ0v) is 12.3. The highest BCUT2D eigenvalue weighted by Crippen LogP contribution is 2.35. The van der Waals surface area contributed by atoms with E-state index in [1.165, 1.54) is 0 Å². The van der Waals surface area contributed by atoms with Crippen LogP contribution in [0.25, 0.3) is 0 Å². The molecule has 0 spiro atoms. The summed E-state index contributed by atoms with van der Waals surface area (Å²) >= 11 is 7.64. The summed E-state index contributed by atoms with van der Waals surface area (Å²) < 4.78 is 11.1. The number of nitrogen functional groups attached to an aromatic ring is 1. The standard InChI is InChI=1S/C15H14ClNO2S/c16-12-3-1-10(7-13(12)17)9-20-11-2-4-14-15(8-11)19-6-5-18-14/h1-4,7-8H,5-6,9,17H2. The molecule has 0 radical (unpaired) electrons. The van der Waals surface area contributed by atoms with Gasteiger partial charge in [-0.3, -0.25) is 0 Å². The second-order valence-corrected chi connectivity index (χ2v) is 5.91. The molecule has 2 aromatic rings. The fourth-order valence-electron chi connectivity index (χ4n) is 1.96. The lowest BCUT2D eigenvalue weighted by Gasteiger charge is -2.18. The number of benzene rings is 2. The van der Waals surface area contributed by atoms with Gasteiger partial charge in [0, 0.05) is 10.6 Å². The maximum absolute atomic E-state index is 5.91. The molecule has 1 heterocycles. The molecule has 0 bridgehead atoms. The molecule has 0 saturated carbocycles. The minimum absolute atomic E-state index is 0.595. The Balaban J connectivity index is 1.70. The van der Waals surface area contributed by atoms with Crippen LogP contribution in [0.5, 0.6) is 11.5 Å². The number of halogens is 1. The van der Waals surface area contributed by atoms with Gasteiger partial charge < -0.3 is 15.2 Å². The van der Waals surface area contributed by atoms with E-state index in [0.717, 1.165) is 27.7 Å². The lowest BCUT2D eigenvalue weighted by molar-refractivity contribution is 0.171. The minimum Gasteiger partial charge on any atom is -0.486 e. The van der Waals surface area contributed by atoms with Crippen LogP contribution in [0.15, 0.2) is 41.3 Å². The number of rotatable bonds is 3. The normalized spacial score (nSPS) is 13.2. The first-order valence-corrected chi connectivity index (χ1v) is 7.65. The zero-order valence-electron chi connectivity index (χ0n) is 10.8. The summed E-state index contributed by atoms with van der Waals surface area (Å²) in [5, 5.41) is 0.595. The summed E-state index contributed by atoms with van der Waals surface area (Å²) in [5.74, 6) is 2.47. The van der Waals surface area contributed by atoms with E-state index >= 15 is 0 Å². The van der Waals surface area contributed by atoms with Gasteiger partial charge >= 0.3 is 0 Å². The quantitative estimate of drug-likeness (QED) is 0.688. The van der Waals surface area contributed by atoms with Gasteiger partial charge in [-0.2, -0.15) is 0 Å². The van der Waals surface area contributed by atoms with Crippen LogP contribution in [0.1, 0.15) is 5.56 Å². The summed E-state index contributed by atoms with van der Waals surface area (Å²) in [6, 6.07) is 11.7. The summed E-state index contributed by atoms with van der Waals surface area (Å²) in [4.78, 5) is 1.14. The molecular formula is C15H14ClNO2S. The number of ether oxygens (including phenoxy) is 2. The van der Waals surface area contributed by atoms with E-state index in [0.29, 0.717) is 23.9 Å². The molecule has 0 aliphatic carbocycles. The van der Waals surface area contributed by atoms with Gasteiger partial charge in [0.05, 0.1) is 10.7 Å². The van der Waals surface area contributed by atoms with Crippen molar-refractivity contribution in [3.8, 4) is 11.5 Å². The van der Waals surface area contributed by atoms with Crippen molar-refractivity contribution in [2.45, 2.75) is 10.6 Å². The van der Waals surface area contributed by atoms with Crippen molar-refractivity contribution in [3.63, 3.8) is 0 Å². The molecule has 2 aromatic carbocycles. The van der Waals surface area contributed by atoms with Crippen LogP contribution < -0.4 is 15.2 Å². The van der Waals surface area contributed by atoms with Crippen LogP contribution in [0, 0.1) is 0 Å². The van der Waals surface area contributed by atoms with Crippen LogP contribution in [0.2, 0.25) is 5.02 Å². The Bertz CT molecular complexity index is 633. The Hall–Kier alpha value is -1.52. The minimum atomic E-state index is 0.595.